The van der Waals surface area contributed by atoms with Crippen molar-refractivity contribution in [1.82, 2.24) is 8.87 Å². The Morgan fingerprint density at radius 1 is 1.19 bits per heavy atom. The molecule has 0 atom stereocenters. The highest BCUT2D eigenvalue weighted by Crippen LogP contribution is 2.30. The molecule has 5 nitrogen and oxygen atoms in total. The lowest BCUT2D eigenvalue weighted by atomic mass is 9.85. The van der Waals surface area contributed by atoms with Crippen molar-refractivity contribution < 1.29 is 8.42 Å². The van der Waals surface area contributed by atoms with Gasteiger partial charge in [0.05, 0.1) is 6.26 Å². The van der Waals surface area contributed by atoms with Crippen molar-refractivity contribution in [3.05, 3.63) is 57.5 Å². The summed E-state index contributed by atoms with van der Waals surface area (Å²) in [6.45, 7) is 3.55. The van der Waals surface area contributed by atoms with Crippen LogP contribution in [0.2, 0.25) is 0 Å². The Kier molecular flexibility index (Phi) is 4.72. The monoisotopic (exact) mass is 386 g/mol. The molecule has 0 saturated heterocycles. The number of aromatic nitrogens is 1. The van der Waals surface area contributed by atoms with Crippen LogP contribution in [0.3, 0.4) is 0 Å². The lowest BCUT2D eigenvalue weighted by Gasteiger charge is -2.32. The molecule has 1 fully saturated rings. The number of pyridine rings is 1. The van der Waals surface area contributed by atoms with Crippen molar-refractivity contribution in [2.75, 3.05) is 12.8 Å². The summed E-state index contributed by atoms with van der Waals surface area (Å²) < 4.78 is 27.5. The number of sulfonamides is 1. The lowest BCUT2D eigenvalue weighted by Crippen LogP contribution is -2.40. The molecule has 1 aliphatic heterocycles. The van der Waals surface area contributed by atoms with Gasteiger partial charge in [0.1, 0.15) is 0 Å². The van der Waals surface area contributed by atoms with Gasteiger partial charge in [-0.2, -0.15) is 4.31 Å². The van der Waals surface area contributed by atoms with Gasteiger partial charge in [0.15, 0.2) is 0 Å². The third kappa shape index (κ3) is 3.60. The highest BCUT2D eigenvalue weighted by molar-refractivity contribution is 7.88. The quantitative estimate of drug-likeness (QED) is 0.812. The van der Waals surface area contributed by atoms with Crippen LogP contribution in [-0.2, 0) is 29.5 Å². The van der Waals surface area contributed by atoms with Crippen molar-refractivity contribution in [2.24, 2.45) is 5.92 Å². The Hall–Kier alpha value is -1.92. The number of benzene rings is 1. The van der Waals surface area contributed by atoms with Crippen molar-refractivity contribution in [3.8, 4) is 11.1 Å². The molecule has 1 saturated carbocycles. The van der Waals surface area contributed by atoms with Crippen LogP contribution in [0.1, 0.15) is 36.1 Å². The van der Waals surface area contributed by atoms with E-state index in [-0.39, 0.29) is 5.56 Å². The molecule has 2 aliphatic rings. The molecular formula is C21H26N2O3S. The van der Waals surface area contributed by atoms with Crippen LogP contribution in [0.15, 0.2) is 35.1 Å². The van der Waals surface area contributed by atoms with Crippen LogP contribution >= 0.6 is 0 Å². The number of nitrogens with zero attached hydrogens (tertiary/aromatic N) is 2. The largest absolute Gasteiger partial charge is 0.311 e. The Labute approximate surface area is 160 Å². The Morgan fingerprint density at radius 2 is 1.96 bits per heavy atom. The summed E-state index contributed by atoms with van der Waals surface area (Å²) in [7, 11) is -3.25. The van der Waals surface area contributed by atoms with Gasteiger partial charge in [0.2, 0.25) is 10.0 Å². The van der Waals surface area contributed by atoms with Gasteiger partial charge in [-0.05, 0) is 42.9 Å². The Bertz CT molecular complexity index is 1040. The third-order valence-electron chi connectivity index (χ3n) is 5.90. The highest BCUT2D eigenvalue weighted by Gasteiger charge is 2.28. The maximum atomic E-state index is 13.3. The topological polar surface area (TPSA) is 59.4 Å². The summed E-state index contributed by atoms with van der Waals surface area (Å²) in [5.74, 6) is 0.562. The summed E-state index contributed by atoms with van der Waals surface area (Å²) in [6.07, 6.45) is 5.43. The van der Waals surface area contributed by atoms with E-state index in [4.69, 9.17) is 0 Å². The molecule has 0 radical (unpaired) electrons. The fourth-order valence-electron chi connectivity index (χ4n) is 4.12. The maximum Gasteiger partial charge on any atom is 0.258 e. The van der Waals surface area contributed by atoms with Crippen molar-refractivity contribution in [2.45, 2.75) is 45.7 Å². The number of hydrogen-bond acceptors (Lipinski definition) is 3. The van der Waals surface area contributed by atoms with E-state index in [2.05, 4.69) is 0 Å². The van der Waals surface area contributed by atoms with Crippen LogP contribution < -0.4 is 5.56 Å². The first-order chi connectivity index (χ1) is 12.8. The first kappa shape index (κ1) is 18.4. The van der Waals surface area contributed by atoms with E-state index in [9.17, 15) is 13.2 Å². The number of fused-ring (bicyclic) bond motifs is 1. The van der Waals surface area contributed by atoms with Crippen LogP contribution in [0.4, 0.5) is 0 Å². The van der Waals surface area contributed by atoms with Gasteiger partial charge in [-0.15, -0.1) is 0 Å². The van der Waals surface area contributed by atoms with Crippen LogP contribution in [0.25, 0.3) is 11.1 Å². The van der Waals surface area contributed by atoms with Gasteiger partial charge in [-0.3, -0.25) is 4.79 Å². The molecule has 1 aromatic heterocycles. The van der Waals surface area contributed by atoms with Gasteiger partial charge >= 0.3 is 0 Å². The second-order valence-electron chi connectivity index (χ2n) is 7.96. The molecule has 27 heavy (non-hydrogen) atoms. The zero-order chi connectivity index (χ0) is 19.2. The average Bonchev–Trinajstić information content (AvgIpc) is 2.57. The van der Waals surface area contributed by atoms with Crippen LogP contribution in [-0.4, -0.2) is 30.1 Å². The summed E-state index contributed by atoms with van der Waals surface area (Å²) in [5.41, 5.74) is 4.71. The van der Waals surface area contributed by atoms with Gasteiger partial charge in [0, 0.05) is 37.3 Å². The van der Waals surface area contributed by atoms with E-state index in [1.807, 2.05) is 41.8 Å². The van der Waals surface area contributed by atoms with E-state index < -0.39 is 10.0 Å². The normalized spacial score (nSPS) is 18.1. The second-order valence-corrected chi connectivity index (χ2v) is 9.94. The summed E-state index contributed by atoms with van der Waals surface area (Å²) in [5, 5.41) is 0. The molecule has 0 spiro atoms. The van der Waals surface area contributed by atoms with Gasteiger partial charge in [0.25, 0.3) is 5.56 Å². The fraction of sp³-hybridized carbons (Fsp3) is 0.476. The molecule has 2 aromatic rings. The molecule has 0 bridgehead atoms. The molecule has 2 heterocycles. The minimum atomic E-state index is -3.25. The Balaban J connectivity index is 1.85. The van der Waals surface area contributed by atoms with E-state index in [0.717, 1.165) is 28.9 Å². The first-order valence-corrected chi connectivity index (χ1v) is 11.5. The second kappa shape index (κ2) is 6.91. The molecule has 1 aliphatic carbocycles. The standard InChI is InChI=1S/C21H26N2O3S/c1-15-5-3-8-17(11-15)19-12-18-14-22(27(2,25)26)10-9-20(18)23(21(19)24)13-16-6-4-7-16/h3,5,8,11-12,16H,4,6-7,9-10,13-14H2,1-2H3. The molecule has 0 unspecified atom stereocenters. The number of rotatable bonds is 4. The predicted molar refractivity (Wildman–Crippen MR) is 107 cm³/mol. The van der Waals surface area contributed by atoms with Crippen molar-refractivity contribution in [1.29, 1.82) is 0 Å². The molecule has 6 heteroatoms. The van der Waals surface area contributed by atoms with Gasteiger partial charge in [-0.25, -0.2) is 8.42 Å². The fourth-order valence-corrected chi connectivity index (χ4v) is 4.92. The molecule has 144 valence electrons. The molecular weight excluding hydrogens is 360 g/mol. The van der Waals surface area contributed by atoms with E-state index in [1.165, 1.54) is 29.8 Å². The molecule has 0 N–H and O–H groups in total. The zero-order valence-corrected chi connectivity index (χ0v) is 16.8. The van der Waals surface area contributed by atoms with Gasteiger partial charge in [-0.1, -0.05) is 36.2 Å². The van der Waals surface area contributed by atoms with Crippen LogP contribution in [0.5, 0.6) is 0 Å². The van der Waals surface area contributed by atoms with E-state index in [1.54, 1.807) is 0 Å². The molecule has 0 amide bonds. The minimum Gasteiger partial charge on any atom is -0.311 e. The average molecular weight is 387 g/mol. The molecule has 1 aromatic carbocycles. The summed E-state index contributed by atoms with van der Waals surface area (Å²) in [4.78, 5) is 13.3. The summed E-state index contributed by atoms with van der Waals surface area (Å²) in [6, 6.07) is 9.87. The smallest absolute Gasteiger partial charge is 0.258 e. The van der Waals surface area contributed by atoms with Crippen LogP contribution in [0, 0.1) is 12.8 Å². The summed E-state index contributed by atoms with van der Waals surface area (Å²) >= 11 is 0. The first-order valence-electron chi connectivity index (χ1n) is 9.60. The highest BCUT2D eigenvalue weighted by atomic mass is 32.2. The Morgan fingerprint density at radius 3 is 2.59 bits per heavy atom. The van der Waals surface area contributed by atoms with Crippen molar-refractivity contribution in [3.63, 3.8) is 0 Å². The van der Waals surface area contributed by atoms with Gasteiger partial charge < -0.3 is 4.57 Å². The maximum absolute atomic E-state index is 13.3. The number of hydrogen-bond donors (Lipinski definition) is 0. The predicted octanol–water partition coefficient (Wildman–Crippen LogP) is 2.94. The number of aryl methyl sites for hydroxylation is 1. The SMILES string of the molecule is Cc1cccc(-c2cc3c(n(CC4CCC4)c2=O)CCN(S(C)(=O)=O)C3)c1. The third-order valence-corrected chi connectivity index (χ3v) is 7.15. The minimum absolute atomic E-state index is 0.0547. The molecule has 4 rings (SSSR count). The lowest BCUT2D eigenvalue weighted by molar-refractivity contribution is 0.267. The van der Waals surface area contributed by atoms with Crippen molar-refractivity contribution >= 4 is 10.0 Å². The zero-order valence-electron chi connectivity index (χ0n) is 15.9. The van der Waals surface area contributed by atoms with E-state index in [0.29, 0.717) is 31.0 Å². The van der Waals surface area contributed by atoms with E-state index >= 15 is 0 Å².